The first kappa shape index (κ1) is 15.4. The van der Waals surface area contributed by atoms with Gasteiger partial charge in [-0.3, -0.25) is 4.79 Å². The third-order valence-electron chi connectivity index (χ3n) is 3.81. The second-order valence-electron chi connectivity index (χ2n) is 5.27. The van der Waals surface area contributed by atoms with E-state index >= 15 is 0 Å². The maximum absolute atomic E-state index is 11.6. The summed E-state index contributed by atoms with van der Waals surface area (Å²) in [6.07, 6.45) is 2.05. The second-order valence-corrected chi connectivity index (χ2v) is 5.27. The van der Waals surface area contributed by atoms with Crippen LogP contribution in [0.4, 0.5) is 17.3 Å². The van der Waals surface area contributed by atoms with Crippen molar-refractivity contribution in [2.45, 2.75) is 25.9 Å². The Morgan fingerprint density at radius 1 is 1.57 bits per heavy atom. The van der Waals surface area contributed by atoms with Gasteiger partial charge in [-0.05, 0) is 25.0 Å². The lowest BCUT2D eigenvalue weighted by molar-refractivity contribution is -0.129. The number of nitrogens with one attached hydrogen (secondary N) is 1. The molecule has 0 saturated carbocycles. The number of hydrogen-bond donors (Lipinski definition) is 3. The molecule has 1 atom stereocenters. The fourth-order valence-electron chi connectivity index (χ4n) is 2.58. The molecule has 7 nitrogen and oxygen atoms in total. The molecule has 7 heteroatoms. The summed E-state index contributed by atoms with van der Waals surface area (Å²) in [5.74, 6) is 1.54. The molecule has 1 aliphatic heterocycles. The minimum absolute atomic E-state index is 0.0565. The third-order valence-corrected chi connectivity index (χ3v) is 3.81. The minimum atomic E-state index is 0.0565. The zero-order valence-corrected chi connectivity index (χ0v) is 12.7. The topological polar surface area (TPSA) is 101 Å². The van der Waals surface area contributed by atoms with Gasteiger partial charge in [-0.25, -0.2) is 4.98 Å². The first-order valence-corrected chi connectivity index (χ1v) is 7.25. The molecule has 2 rings (SSSR count). The Balaban J connectivity index is 2.22. The van der Waals surface area contributed by atoms with Crippen molar-refractivity contribution in [2.24, 2.45) is 5.73 Å². The molecule has 1 aliphatic rings. The summed E-state index contributed by atoms with van der Waals surface area (Å²) >= 11 is 0. The lowest BCUT2D eigenvalue weighted by atomic mass is 10.3. The van der Waals surface area contributed by atoms with Crippen LogP contribution >= 0.6 is 0 Å². The Morgan fingerprint density at radius 3 is 3.00 bits per heavy atom. The molecule has 1 fully saturated rings. The molecule has 0 spiro atoms. The summed E-state index contributed by atoms with van der Waals surface area (Å²) in [6.45, 7) is 3.61. The molecule has 5 N–H and O–H groups in total. The van der Waals surface area contributed by atoms with E-state index in [-0.39, 0.29) is 12.1 Å². The van der Waals surface area contributed by atoms with E-state index in [1.54, 1.807) is 11.8 Å². The smallest absolute Gasteiger partial charge is 0.220 e. The lowest BCUT2D eigenvalue weighted by Gasteiger charge is -2.33. The monoisotopic (exact) mass is 292 g/mol. The molecule has 1 aromatic heterocycles. The van der Waals surface area contributed by atoms with E-state index in [2.05, 4.69) is 15.2 Å². The molecule has 0 aliphatic carbocycles. The van der Waals surface area contributed by atoms with Gasteiger partial charge >= 0.3 is 0 Å². The summed E-state index contributed by atoms with van der Waals surface area (Å²) in [5.41, 5.74) is 12.0. The first-order chi connectivity index (χ1) is 10.0. The molecule has 0 aromatic carbocycles. The van der Waals surface area contributed by atoms with Crippen LogP contribution < -0.4 is 21.7 Å². The summed E-state index contributed by atoms with van der Waals surface area (Å²) in [5, 5.41) is 3.12. The van der Waals surface area contributed by atoms with Crippen molar-refractivity contribution >= 4 is 23.2 Å². The number of rotatable bonds is 5. The number of nitrogens with zero attached hydrogens (tertiary/aromatic N) is 3. The van der Waals surface area contributed by atoms with Crippen molar-refractivity contribution in [1.82, 2.24) is 9.88 Å². The quantitative estimate of drug-likeness (QED) is 0.728. The van der Waals surface area contributed by atoms with Crippen molar-refractivity contribution in [3.8, 4) is 0 Å². The number of hydrogen-bond acceptors (Lipinski definition) is 6. The molecule has 1 amide bonds. The zero-order chi connectivity index (χ0) is 15.4. The molecule has 21 heavy (non-hydrogen) atoms. The molecule has 1 unspecified atom stereocenters. The van der Waals surface area contributed by atoms with Gasteiger partial charge in [0.25, 0.3) is 0 Å². The molecule has 116 valence electrons. The lowest BCUT2D eigenvalue weighted by Crippen LogP contribution is -2.45. The van der Waals surface area contributed by atoms with Crippen LogP contribution in [-0.2, 0) is 4.79 Å². The number of anilines is 3. The van der Waals surface area contributed by atoms with E-state index in [9.17, 15) is 4.79 Å². The van der Waals surface area contributed by atoms with Crippen LogP contribution in [0.3, 0.4) is 0 Å². The highest BCUT2D eigenvalue weighted by Crippen LogP contribution is 2.28. The predicted octanol–water partition coefficient (Wildman–Crippen LogP) is 0.439. The maximum atomic E-state index is 11.6. The van der Waals surface area contributed by atoms with Gasteiger partial charge in [-0.2, -0.15) is 0 Å². The minimum Gasteiger partial charge on any atom is -0.396 e. The van der Waals surface area contributed by atoms with Crippen molar-refractivity contribution < 1.29 is 4.79 Å². The van der Waals surface area contributed by atoms with E-state index in [1.807, 2.05) is 19.2 Å². The molecular weight excluding hydrogens is 268 g/mol. The maximum Gasteiger partial charge on any atom is 0.220 e. The second kappa shape index (κ2) is 6.62. The Hall–Kier alpha value is -2.02. The van der Waals surface area contributed by atoms with Gasteiger partial charge in [0.2, 0.25) is 5.91 Å². The SMILES string of the molecule is CC(=O)N(C)C1CCCN1c1ccc(N)c(NCCN)n1. The Morgan fingerprint density at radius 2 is 2.33 bits per heavy atom. The van der Waals surface area contributed by atoms with Crippen LogP contribution in [0.1, 0.15) is 19.8 Å². The predicted molar refractivity (Wildman–Crippen MR) is 85.0 cm³/mol. The number of carbonyl (C=O) groups excluding carboxylic acids is 1. The summed E-state index contributed by atoms with van der Waals surface area (Å²) < 4.78 is 0. The molecular formula is C14H24N6O. The van der Waals surface area contributed by atoms with Crippen LogP contribution in [0.15, 0.2) is 12.1 Å². The van der Waals surface area contributed by atoms with E-state index < -0.39 is 0 Å². The Bertz CT molecular complexity index is 506. The highest BCUT2D eigenvalue weighted by Gasteiger charge is 2.30. The average molecular weight is 292 g/mol. The highest BCUT2D eigenvalue weighted by molar-refractivity contribution is 5.74. The number of pyridine rings is 1. The fraction of sp³-hybridized carbons (Fsp3) is 0.571. The van der Waals surface area contributed by atoms with Crippen LogP contribution in [0.5, 0.6) is 0 Å². The van der Waals surface area contributed by atoms with Crippen LogP contribution in [0.25, 0.3) is 0 Å². The van der Waals surface area contributed by atoms with E-state index in [4.69, 9.17) is 11.5 Å². The number of amides is 1. The van der Waals surface area contributed by atoms with Gasteiger partial charge in [0.05, 0.1) is 5.69 Å². The van der Waals surface area contributed by atoms with E-state index in [0.29, 0.717) is 24.6 Å². The summed E-state index contributed by atoms with van der Waals surface area (Å²) in [7, 11) is 1.83. The number of nitrogens with two attached hydrogens (primary N) is 2. The van der Waals surface area contributed by atoms with Gasteiger partial charge in [0, 0.05) is 33.6 Å². The molecule has 0 radical (unpaired) electrons. The number of nitrogen functional groups attached to an aromatic ring is 1. The van der Waals surface area contributed by atoms with Crippen molar-refractivity contribution in [2.75, 3.05) is 42.6 Å². The summed E-state index contributed by atoms with van der Waals surface area (Å²) in [6, 6.07) is 3.74. The van der Waals surface area contributed by atoms with E-state index in [0.717, 1.165) is 25.2 Å². The average Bonchev–Trinajstić information content (AvgIpc) is 2.94. The largest absolute Gasteiger partial charge is 0.396 e. The molecule has 2 heterocycles. The fourth-order valence-corrected chi connectivity index (χ4v) is 2.58. The number of carbonyl (C=O) groups is 1. The third kappa shape index (κ3) is 3.36. The first-order valence-electron chi connectivity index (χ1n) is 7.25. The van der Waals surface area contributed by atoms with Gasteiger partial charge in [-0.15, -0.1) is 0 Å². The molecule has 0 bridgehead atoms. The van der Waals surface area contributed by atoms with Crippen molar-refractivity contribution in [3.05, 3.63) is 12.1 Å². The Labute approximate surface area is 125 Å². The standard InChI is InChI=1S/C14H24N6O/c1-10(21)19(2)13-4-3-9-20(13)12-6-5-11(16)14(18-12)17-8-7-15/h5-6,13H,3-4,7-9,15-16H2,1-2H3,(H,17,18). The van der Waals surface area contributed by atoms with Crippen LogP contribution in [0, 0.1) is 0 Å². The zero-order valence-electron chi connectivity index (χ0n) is 12.7. The van der Waals surface area contributed by atoms with Gasteiger partial charge in [0.1, 0.15) is 12.0 Å². The van der Waals surface area contributed by atoms with Gasteiger partial charge < -0.3 is 26.6 Å². The van der Waals surface area contributed by atoms with Crippen LogP contribution in [0.2, 0.25) is 0 Å². The number of aromatic nitrogens is 1. The molecule has 1 aromatic rings. The van der Waals surface area contributed by atoms with Crippen LogP contribution in [-0.4, -0.2) is 48.6 Å². The Kier molecular flexibility index (Phi) is 4.85. The van der Waals surface area contributed by atoms with Gasteiger partial charge in [0.15, 0.2) is 5.82 Å². The normalized spacial score (nSPS) is 17.9. The highest BCUT2D eigenvalue weighted by atomic mass is 16.2. The summed E-state index contributed by atoms with van der Waals surface area (Å²) in [4.78, 5) is 20.1. The molecule has 1 saturated heterocycles. The van der Waals surface area contributed by atoms with Gasteiger partial charge in [-0.1, -0.05) is 0 Å². The van der Waals surface area contributed by atoms with Crippen molar-refractivity contribution in [3.63, 3.8) is 0 Å². The van der Waals surface area contributed by atoms with E-state index in [1.165, 1.54) is 0 Å². The van der Waals surface area contributed by atoms with Crippen molar-refractivity contribution in [1.29, 1.82) is 0 Å².